The third kappa shape index (κ3) is 2.96. The standard InChI is InChI=1S/C14H17N3O3/c1-9(2)7-11(14(19)20)16-13(18)10-8-15-17-6-4-3-5-12(10)17/h3-6,8-9,11H,7H2,1-2H3,(H,16,18)(H,19,20)/t11-/m0/s1. The quantitative estimate of drug-likeness (QED) is 0.867. The number of carbonyl (C=O) groups is 2. The molecule has 0 bridgehead atoms. The number of pyridine rings is 1. The number of aliphatic carboxylic acids is 1. The van der Waals surface area contributed by atoms with E-state index in [4.69, 9.17) is 5.11 Å². The maximum atomic E-state index is 12.2. The number of nitrogens with one attached hydrogen (secondary N) is 1. The molecule has 0 saturated carbocycles. The minimum atomic E-state index is -1.02. The number of nitrogens with zero attached hydrogens (tertiary/aromatic N) is 2. The maximum absolute atomic E-state index is 12.2. The van der Waals surface area contributed by atoms with E-state index in [0.717, 1.165) is 0 Å². The summed E-state index contributed by atoms with van der Waals surface area (Å²) in [5.41, 5.74) is 1.03. The van der Waals surface area contributed by atoms with E-state index in [-0.39, 0.29) is 5.92 Å². The summed E-state index contributed by atoms with van der Waals surface area (Å²) in [6.07, 6.45) is 3.56. The van der Waals surface area contributed by atoms with E-state index in [1.165, 1.54) is 6.20 Å². The molecule has 0 unspecified atom stereocenters. The number of hydrogen-bond donors (Lipinski definition) is 2. The van der Waals surface area contributed by atoms with Crippen LogP contribution in [0.4, 0.5) is 0 Å². The van der Waals surface area contributed by atoms with E-state index in [1.54, 1.807) is 28.9 Å². The highest BCUT2D eigenvalue weighted by Crippen LogP contribution is 2.11. The van der Waals surface area contributed by atoms with E-state index < -0.39 is 17.9 Å². The molecule has 0 aromatic carbocycles. The number of aromatic nitrogens is 2. The van der Waals surface area contributed by atoms with Crippen LogP contribution in [0.2, 0.25) is 0 Å². The average molecular weight is 275 g/mol. The molecule has 0 saturated heterocycles. The summed E-state index contributed by atoms with van der Waals surface area (Å²) in [5, 5.41) is 15.8. The third-order valence-electron chi connectivity index (χ3n) is 2.98. The second-order valence-corrected chi connectivity index (χ2v) is 5.08. The summed E-state index contributed by atoms with van der Waals surface area (Å²) >= 11 is 0. The molecule has 0 fully saturated rings. The predicted octanol–water partition coefficient (Wildman–Crippen LogP) is 1.56. The number of fused-ring (bicyclic) bond motifs is 1. The zero-order chi connectivity index (χ0) is 14.7. The van der Waals surface area contributed by atoms with E-state index in [9.17, 15) is 9.59 Å². The van der Waals surface area contributed by atoms with Crippen molar-refractivity contribution in [2.24, 2.45) is 5.92 Å². The number of carbonyl (C=O) groups excluding carboxylic acids is 1. The van der Waals surface area contributed by atoms with Crippen LogP contribution in [0.5, 0.6) is 0 Å². The van der Waals surface area contributed by atoms with Crippen molar-refractivity contribution in [2.45, 2.75) is 26.3 Å². The maximum Gasteiger partial charge on any atom is 0.326 e. The van der Waals surface area contributed by atoms with Crippen molar-refractivity contribution in [3.63, 3.8) is 0 Å². The summed E-state index contributed by atoms with van der Waals surface area (Å²) in [7, 11) is 0. The molecule has 1 atom stereocenters. The highest BCUT2D eigenvalue weighted by Gasteiger charge is 2.23. The molecule has 0 spiro atoms. The van der Waals surface area contributed by atoms with Crippen molar-refractivity contribution in [2.75, 3.05) is 0 Å². The van der Waals surface area contributed by atoms with Crippen LogP contribution in [-0.2, 0) is 4.79 Å². The molecule has 6 nitrogen and oxygen atoms in total. The fraction of sp³-hybridized carbons (Fsp3) is 0.357. The van der Waals surface area contributed by atoms with Crippen LogP contribution in [-0.4, -0.2) is 32.6 Å². The third-order valence-corrected chi connectivity index (χ3v) is 2.98. The van der Waals surface area contributed by atoms with Crippen LogP contribution in [0.15, 0.2) is 30.6 Å². The largest absolute Gasteiger partial charge is 0.480 e. The monoisotopic (exact) mass is 275 g/mol. The lowest BCUT2D eigenvalue weighted by molar-refractivity contribution is -0.139. The average Bonchev–Trinajstić information content (AvgIpc) is 2.81. The molecule has 20 heavy (non-hydrogen) atoms. The molecule has 0 aliphatic carbocycles. The summed E-state index contributed by atoms with van der Waals surface area (Å²) in [4.78, 5) is 23.4. The van der Waals surface area contributed by atoms with Crippen LogP contribution in [0, 0.1) is 5.92 Å². The first kappa shape index (κ1) is 14.0. The molecular formula is C14H17N3O3. The fourth-order valence-corrected chi connectivity index (χ4v) is 2.04. The molecule has 2 rings (SSSR count). The summed E-state index contributed by atoms with van der Waals surface area (Å²) in [5.74, 6) is -1.26. The van der Waals surface area contributed by atoms with Gasteiger partial charge in [-0.25, -0.2) is 9.31 Å². The second kappa shape index (κ2) is 5.73. The first-order valence-corrected chi connectivity index (χ1v) is 6.45. The predicted molar refractivity (Wildman–Crippen MR) is 73.5 cm³/mol. The Hall–Kier alpha value is -2.37. The van der Waals surface area contributed by atoms with E-state index >= 15 is 0 Å². The van der Waals surface area contributed by atoms with Gasteiger partial charge in [-0.05, 0) is 24.5 Å². The molecule has 2 aromatic heterocycles. The molecule has 2 heterocycles. The SMILES string of the molecule is CC(C)C[C@H](NC(=O)c1cnn2ccccc12)C(=O)O. The smallest absolute Gasteiger partial charge is 0.326 e. The lowest BCUT2D eigenvalue weighted by Crippen LogP contribution is -2.41. The van der Waals surface area contributed by atoms with Crippen LogP contribution >= 0.6 is 0 Å². The minimum absolute atomic E-state index is 0.181. The Labute approximate surface area is 116 Å². The van der Waals surface area contributed by atoms with Gasteiger partial charge in [0, 0.05) is 6.20 Å². The number of carboxylic acids is 1. The van der Waals surface area contributed by atoms with Gasteiger partial charge in [-0.3, -0.25) is 4.79 Å². The molecule has 2 aromatic rings. The van der Waals surface area contributed by atoms with Crippen LogP contribution in [0.1, 0.15) is 30.6 Å². The molecule has 0 aliphatic heterocycles. The lowest BCUT2D eigenvalue weighted by atomic mass is 10.0. The number of rotatable bonds is 5. The van der Waals surface area contributed by atoms with Gasteiger partial charge in [0.15, 0.2) is 0 Å². The summed E-state index contributed by atoms with van der Waals surface area (Å²) in [6, 6.07) is 4.48. The van der Waals surface area contributed by atoms with Crippen molar-refractivity contribution in [3.8, 4) is 0 Å². The molecule has 0 radical (unpaired) electrons. The Morgan fingerprint density at radius 3 is 2.80 bits per heavy atom. The topological polar surface area (TPSA) is 83.7 Å². The molecular weight excluding hydrogens is 258 g/mol. The van der Waals surface area contributed by atoms with Gasteiger partial charge in [0.25, 0.3) is 5.91 Å². The minimum Gasteiger partial charge on any atom is -0.480 e. The Bertz CT molecular complexity index is 633. The second-order valence-electron chi connectivity index (χ2n) is 5.08. The van der Waals surface area contributed by atoms with E-state index in [0.29, 0.717) is 17.5 Å². The lowest BCUT2D eigenvalue weighted by Gasteiger charge is -2.16. The normalized spacial score (nSPS) is 12.6. The first-order chi connectivity index (χ1) is 9.49. The van der Waals surface area contributed by atoms with Gasteiger partial charge in [0.1, 0.15) is 6.04 Å². The number of amides is 1. The molecule has 6 heteroatoms. The molecule has 106 valence electrons. The van der Waals surface area contributed by atoms with E-state index in [2.05, 4.69) is 10.4 Å². The van der Waals surface area contributed by atoms with Crippen molar-refractivity contribution in [1.82, 2.24) is 14.9 Å². The Morgan fingerprint density at radius 2 is 2.15 bits per heavy atom. The van der Waals surface area contributed by atoms with Gasteiger partial charge in [0.05, 0.1) is 17.3 Å². The van der Waals surface area contributed by atoms with Crippen LogP contribution in [0.3, 0.4) is 0 Å². The molecule has 2 N–H and O–H groups in total. The van der Waals surface area contributed by atoms with Gasteiger partial charge in [0.2, 0.25) is 0 Å². The van der Waals surface area contributed by atoms with Gasteiger partial charge in [-0.2, -0.15) is 5.10 Å². The summed E-state index contributed by atoms with van der Waals surface area (Å²) < 4.78 is 1.58. The van der Waals surface area contributed by atoms with E-state index in [1.807, 2.05) is 13.8 Å². The fourth-order valence-electron chi connectivity index (χ4n) is 2.04. The van der Waals surface area contributed by atoms with Crippen molar-refractivity contribution >= 4 is 17.4 Å². The molecule has 0 aliphatic rings. The Kier molecular flexibility index (Phi) is 4.02. The summed E-state index contributed by atoms with van der Waals surface area (Å²) in [6.45, 7) is 3.83. The van der Waals surface area contributed by atoms with Crippen molar-refractivity contribution in [3.05, 3.63) is 36.2 Å². The highest BCUT2D eigenvalue weighted by atomic mass is 16.4. The first-order valence-electron chi connectivity index (χ1n) is 6.45. The highest BCUT2D eigenvalue weighted by molar-refractivity contribution is 6.02. The van der Waals surface area contributed by atoms with Gasteiger partial charge in [-0.1, -0.05) is 19.9 Å². The number of carboxylic acid groups (broad SMARTS) is 1. The van der Waals surface area contributed by atoms with Crippen molar-refractivity contribution < 1.29 is 14.7 Å². The zero-order valence-electron chi connectivity index (χ0n) is 11.4. The molecule has 1 amide bonds. The zero-order valence-corrected chi connectivity index (χ0v) is 11.4. The van der Waals surface area contributed by atoms with Crippen LogP contribution in [0.25, 0.3) is 5.52 Å². The van der Waals surface area contributed by atoms with Gasteiger partial charge in [-0.15, -0.1) is 0 Å². The Balaban J connectivity index is 2.20. The number of hydrogen-bond acceptors (Lipinski definition) is 3. The Morgan fingerprint density at radius 1 is 1.40 bits per heavy atom. The van der Waals surface area contributed by atoms with Gasteiger partial charge >= 0.3 is 5.97 Å². The van der Waals surface area contributed by atoms with Gasteiger partial charge < -0.3 is 10.4 Å². The van der Waals surface area contributed by atoms with Crippen LogP contribution < -0.4 is 5.32 Å². The van der Waals surface area contributed by atoms with Crippen molar-refractivity contribution in [1.29, 1.82) is 0 Å².